The number of fused-ring (bicyclic) bond motifs is 9. The maximum atomic E-state index is 6.33. The molecule has 0 radical (unpaired) electrons. The van der Waals surface area contributed by atoms with Crippen molar-refractivity contribution < 1.29 is 4.42 Å². The van der Waals surface area contributed by atoms with Gasteiger partial charge in [-0.1, -0.05) is 72.8 Å². The molecule has 6 aromatic carbocycles. The summed E-state index contributed by atoms with van der Waals surface area (Å²) in [6.45, 7) is 0. The van der Waals surface area contributed by atoms with Gasteiger partial charge in [-0.15, -0.1) is 0 Å². The second-order valence-electron chi connectivity index (χ2n) is 10.2. The lowest BCUT2D eigenvalue weighted by atomic mass is 10.1. The Labute approximate surface area is 223 Å². The summed E-state index contributed by atoms with van der Waals surface area (Å²) in [5.41, 5.74) is 8.86. The van der Waals surface area contributed by atoms with Crippen molar-refractivity contribution in [3.05, 3.63) is 133 Å². The van der Waals surface area contributed by atoms with E-state index in [0.29, 0.717) is 0 Å². The molecule has 0 N–H and O–H groups in total. The molecule has 0 aliphatic rings. The molecule has 0 bridgehead atoms. The second-order valence-corrected chi connectivity index (χ2v) is 10.2. The highest BCUT2D eigenvalue weighted by atomic mass is 16.3. The molecule has 39 heavy (non-hydrogen) atoms. The van der Waals surface area contributed by atoms with E-state index in [1.807, 2.05) is 12.1 Å². The van der Waals surface area contributed by atoms with Crippen molar-refractivity contribution in [2.24, 2.45) is 0 Å². The zero-order valence-corrected chi connectivity index (χ0v) is 21.0. The van der Waals surface area contributed by atoms with Gasteiger partial charge in [0.05, 0.1) is 22.1 Å². The Balaban J connectivity index is 1.50. The number of hydrogen-bond donors (Lipinski definition) is 0. The molecule has 9 aromatic rings. The summed E-state index contributed by atoms with van der Waals surface area (Å²) in [6, 6.07) is 47.6. The molecule has 3 heteroatoms. The molecule has 0 saturated carbocycles. The highest BCUT2D eigenvalue weighted by molar-refractivity contribution is 6.22. The van der Waals surface area contributed by atoms with Crippen LogP contribution in [-0.4, -0.2) is 9.13 Å². The molecule has 182 valence electrons. The van der Waals surface area contributed by atoms with E-state index in [-0.39, 0.29) is 0 Å². The van der Waals surface area contributed by atoms with Gasteiger partial charge in [-0.25, -0.2) is 0 Å². The zero-order valence-electron chi connectivity index (χ0n) is 21.0. The number of hydrogen-bond acceptors (Lipinski definition) is 1. The topological polar surface area (TPSA) is 23.0 Å². The summed E-state index contributed by atoms with van der Waals surface area (Å²) >= 11 is 0. The molecule has 3 nitrogen and oxygen atoms in total. The maximum Gasteiger partial charge on any atom is 0.137 e. The first-order valence-corrected chi connectivity index (χ1v) is 13.3. The Morgan fingerprint density at radius 3 is 1.56 bits per heavy atom. The number of nitrogens with zero attached hydrogens (tertiary/aromatic N) is 2. The van der Waals surface area contributed by atoms with Gasteiger partial charge in [-0.2, -0.15) is 0 Å². The van der Waals surface area contributed by atoms with Crippen LogP contribution in [0.2, 0.25) is 0 Å². The summed E-state index contributed by atoms with van der Waals surface area (Å²) in [6.07, 6.45) is 0. The van der Waals surface area contributed by atoms with E-state index in [0.717, 1.165) is 38.8 Å². The fraction of sp³-hybridized carbons (Fsp3) is 0. The van der Waals surface area contributed by atoms with Crippen molar-refractivity contribution in [2.75, 3.05) is 0 Å². The minimum absolute atomic E-state index is 0.910. The molecular weight excluding hydrogens is 476 g/mol. The van der Waals surface area contributed by atoms with E-state index in [9.17, 15) is 0 Å². The quantitative estimate of drug-likeness (QED) is 0.233. The van der Waals surface area contributed by atoms with E-state index in [2.05, 4.69) is 130 Å². The van der Waals surface area contributed by atoms with Gasteiger partial charge in [-0.3, -0.25) is 0 Å². The van der Waals surface area contributed by atoms with Crippen molar-refractivity contribution in [3.63, 3.8) is 0 Å². The number of para-hydroxylation sites is 4. The fourth-order valence-corrected chi connectivity index (χ4v) is 6.41. The third-order valence-corrected chi connectivity index (χ3v) is 8.09. The number of rotatable bonds is 2. The van der Waals surface area contributed by atoms with Crippen LogP contribution in [0, 0.1) is 0 Å². The van der Waals surface area contributed by atoms with Crippen LogP contribution in [0.3, 0.4) is 0 Å². The lowest BCUT2D eigenvalue weighted by Crippen LogP contribution is -1.95. The normalized spacial score (nSPS) is 12.1. The lowest BCUT2D eigenvalue weighted by Gasteiger charge is -2.10. The highest BCUT2D eigenvalue weighted by Crippen LogP contribution is 2.42. The molecule has 0 aliphatic carbocycles. The summed E-state index contributed by atoms with van der Waals surface area (Å²) in [7, 11) is 0. The summed E-state index contributed by atoms with van der Waals surface area (Å²) in [5.74, 6) is 0. The van der Waals surface area contributed by atoms with Gasteiger partial charge in [0.1, 0.15) is 11.2 Å². The first-order chi connectivity index (χ1) is 19.3. The molecule has 3 heterocycles. The molecule has 3 aromatic heterocycles. The lowest BCUT2D eigenvalue weighted by molar-refractivity contribution is 0.669. The zero-order chi connectivity index (χ0) is 25.5. The minimum Gasteiger partial charge on any atom is -0.456 e. The molecule has 0 fully saturated rings. The van der Waals surface area contributed by atoms with Crippen molar-refractivity contribution in [3.8, 4) is 11.4 Å². The Morgan fingerprint density at radius 1 is 0.333 bits per heavy atom. The van der Waals surface area contributed by atoms with E-state index in [4.69, 9.17) is 4.42 Å². The van der Waals surface area contributed by atoms with Crippen LogP contribution in [0.1, 0.15) is 0 Å². The van der Waals surface area contributed by atoms with Gasteiger partial charge in [0.2, 0.25) is 0 Å². The van der Waals surface area contributed by atoms with Crippen molar-refractivity contribution in [1.29, 1.82) is 0 Å². The molecular formula is C36H22N2O. The number of benzene rings is 6. The maximum absolute atomic E-state index is 6.33. The average Bonchev–Trinajstić information content (AvgIpc) is 3.62. The highest BCUT2D eigenvalue weighted by Gasteiger charge is 2.20. The third kappa shape index (κ3) is 2.82. The monoisotopic (exact) mass is 498 g/mol. The van der Waals surface area contributed by atoms with Gasteiger partial charge in [0.25, 0.3) is 0 Å². The minimum atomic E-state index is 0.910. The fourth-order valence-electron chi connectivity index (χ4n) is 6.41. The largest absolute Gasteiger partial charge is 0.456 e. The summed E-state index contributed by atoms with van der Waals surface area (Å²) in [5, 5.41) is 7.28. The molecule has 9 rings (SSSR count). The van der Waals surface area contributed by atoms with Crippen LogP contribution < -0.4 is 0 Å². The van der Waals surface area contributed by atoms with Crippen LogP contribution in [0.15, 0.2) is 138 Å². The Morgan fingerprint density at radius 2 is 0.846 bits per heavy atom. The Hall–Kier alpha value is -5.28. The van der Waals surface area contributed by atoms with E-state index < -0.39 is 0 Å². The summed E-state index contributed by atoms with van der Waals surface area (Å²) < 4.78 is 11.1. The average molecular weight is 499 g/mol. The molecule has 0 atom stereocenters. The predicted octanol–water partition coefficient (Wildman–Crippen LogP) is 9.78. The van der Waals surface area contributed by atoms with Crippen molar-refractivity contribution >= 4 is 65.6 Å². The molecule has 0 aliphatic heterocycles. The third-order valence-electron chi connectivity index (χ3n) is 8.09. The van der Waals surface area contributed by atoms with Crippen LogP contribution in [0.5, 0.6) is 0 Å². The standard InChI is InChI=1S/C36H22N2O/c1-3-11-23(12-4-1)37-31-17-9-7-15-25(31)27-19-28-29-20-30-26-16-8-10-18-35(26)39-36(30)22-34(29)38(33(28)21-32(27)37)24-13-5-2-6-14-24/h1-22H. The molecule has 0 unspecified atom stereocenters. The van der Waals surface area contributed by atoms with Gasteiger partial charge in [0.15, 0.2) is 0 Å². The SMILES string of the molecule is c1ccc(-n2c3ccccc3c3cc4c5cc6c(cc5n(-c5ccccc5)c4cc32)oc2ccccc26)cc1. The van der Waals surface area contributed by atoms with E-state index in [1.165, 1.54) is 38.1 Å². The number of aromatic nitrogens is 2. The summed E-state index contributed by atoms with van der Waals surface area (Å²) in [4.78, 5) is 0. The molecule has 0 spiro atoms. The van der Waals surface area contributed by atoms with Crippen LogP contribution in [0.25, 0.3) is 76.9 Å². The molecule has 0 amide bonds. The Bertz CT molecular complexity index is 2370. The van der Waals surface area contributed by atoms with E-state index in [1.54, 1.807) is 0 Å². The van der Waals surface area contributed by atoms with Crippen LogP contribution >= 0.6 is 0 Å². The van der Waals surface area contributed by atoms with Crippen molar-refractivity contribution in [1.82, 2.24) is 9.13 Å². The molecule has 0 saturated heterocycles. The first kappa shape index (κ1) is 20.7. The van der Waals surface area contributed by atoms with Crippen molar-refractivity contribution in [2.45, 2.75) is 0 Å². The predicted molar refractivity (Wildman–Crippen MR) is 162 cm³/mol. The van der Waals surface area contributed by atoms with Crippen LogP contribution in [0.4, 0.5) is 0 Å². The van der Waals surface area contributed by atoms with E-state index >= 15 is 0 Å². The van der Waals surface area contributed by atoms with Gasteiger partial charge >= 0.3 is 0 Å². The second kappa shape index (κ2) is 7.62. The van der Waals surface area contributed by atoms with Gasteiger partial charge in [0, 0.05) is 49.8 Å². The van der Waals surface area contributed by atoms with Gasteiger partial charge in [-0.05, 0) is 54.6 Å². The first-order valence-electron chi connectivity index (χ1n) is 13.3. The smallest absolute Gasteiger partial charge is 0.137 e. The number of furan rings is 1. The Kier molecular flexibility index (Phi) is 4.05. The van der Waals surface area contributed by atoms with Crippen LogP contribution in [-0.2, 0) is 0 Å². The van der Waals surface area contributed by atoms with Gasteiger partial charge < -0.3 is 13.6 Å².